The topological polar surface area (TPSA) is 12.0 Å². The zero-order chi connectivity index (χ0) is 13.3. The van der Waals surface area contributed by atoms with Crippen molar-refractivity contribution in [1.82, 2.24) is 5.32 Å². The summed E-state index contributed by atoms with van der Waals surface area (Å²) in [6.45, 7) is 4.35. The lowest BCUT2D eigenvalue weighted by molar-refractivity contribution is 0.530. The van der Waals surface area contributed by atoms with Crippen molar-refractivity contribution in [3.8, 4) is 0 Å². The Morgan fingerprint density at radius 1 is 1.28 bits per heavy atom. The molecule has 3 atom stereocenters. The molecule has 2 rings (SSSR count). The Morgan fingerprint density at radius 3 is 2.67 bits per heavy atom. The molecule has 3 unspecified atom stereocenters. The second-order valence-electron chi connectivity index (χ2n) is 5.04. The van der Waals surface area contributed by atoms with Crippen LogP contribution in [-0.4, -0.2) is 6.04 Å². The van der Waals surface area contributed by atoms with Crippen molar-refractivity contribution in [3.63, 3.8) is 0 Å². The molecule has 1 saturated carbocycles. The summed E-state index contributed by atoms with van der Waals surface area (Å²) in [6.07, 6.45) is 3.83. The van der Waals surface area contributed by atoms with E-state index in [1.165, 1.54) is 19.3 Å². The molecule has 1 N–H and O–H groups in total. The minimum absolute atomic E-state index is 0.208. The Hall–Kier alpha value is 0.0500. The van der Waals surface area contributed by atoms with Gasteiger partial charge in [-0.3, -0.25) is 0 Å². The molecular weight excluding hydrogens is 289 g/mol. The van der Waals surface area contributed by atoms with Crippen LogP contribution in [0.5, 0.6) is 0 Å². The maximum Gasteiger partial charge on any atom is 0.0781 e. The van der Waals surface area contributed by atoms with E-state index < -0.39 is 0 Å². The van der Waals surface area contributed by atoms with Gasteiger partial charge in [0.1, 0.15) is 0 Å². The molecule has 0 bridgehead atoms. The first-order valence-electron chi connectivity index (χ1n) is 6.44. The summed E-state index contributed by atoms with van der Waals surface area (Å²) < 4.78 is 0. The van der Waals surface area contributed by atoms with Crippen LogP contribution in [0.1, 0.15) is 44.7 Å². The van der Waals surface area contributed by atoms with Crippen molar-refractivity contribution in [3.05, 3.63) is 32.8 Å². The van der Waals surface area contributed by atoms with Crippen LogP contribution < -0.4 is 5.32 Å². The fourth-order valence-corrected chi connectivity index (χ4v) is 3.13. The highest BCUT2D eigenvalue weighted by atomic mass is 35.5. The third-order valence-corrected chi connectivity index (χ3v) is 4.89. The Balaban J connectivity index is 2.02. The molecule has 0 spiro atoms. The Labute approximate surface area is 124 Å². The van der Waals surface area contributed by atoms with Gasteiger partial charge < -0.3 is 5.32 Å². The second-order valence-corrected chi connectivity index (χ2v) is 6.21. The van der Waals surface area contributed by atoms with Crippen molar-refractivity contribution in [2.24, 2.45) is 5.92 Å². The van der Waals surface area contributed by atoms with Crippen LogP contribution in [0, 0.1) is 5.92 Å². The molecule has 1 aliphatic carbocycles. The zero-order valence-electron chi connectivity index (χ0n) is 10.6. The van der Waals surface area contributed by atoms with Crippen LogP contribution in [0.3, 0.4) is 0 Å². The molecule has 1 nitrogen and oxygen atoms in total. The summed E-state index contributed by atoms with van der Waals surface area (Å²) in [5.74, 6) is 0.832. The molecular formula is C14H18Cl3N. The predicted molar refractivity (Wildman–Crippen MR) is 79.8 cm³/mol. The van der Waals surface area contributed by atoms with Crippen LogP contribution in [0.2, 0.25) is 15.1 Å². The first-order valence-corrected chi connectivity index (χ1v) is 7.57. The highest BCUT2D eigenvalue weighted by molar-refractivity contribution is 6.48. The molecule has 1 fully saturated rings. The molecule has 0 heterocycles. The van der Waals surface area contributed by atoms with Gasteiger partial charge in [0.2, 0.25) is 0 Å². The summed E-state index contributed by atoms with van der Waals surface area (Å²) >= 11 is 18.2. The highest BCUT2D eigenvalue weighted by Crippen LogP contribution is 2.39. The SMILES string of the molecule is CCCC1CC1NC(C)c1ccc(Cl)c(Cl)c1Cl. The van der Waals surface area contributed by atoms with Crippen LogP contribution in [0.25, 0.3) is 0 Å². The standard InChI is InChI=1S/C14H18Cl3N/c1-3-4-9-7-12(9)18-8(2)10-5-6-11(15)14(17)13(10)16/h5-6,8-9,12,18H,3-4,7H2,1-2H3. The quantitative estimate of drug-likeness (QED) is 0.710. The zero-order valence-corrected chi connectivity index (χ0v) is 12.9. The lowest BCUT2D eigenvalue weighted by Gasteiger charge is -2.17. The minimum atomic E-state index is 0.208. The Kier molecular flexibility index (Phi) is 4.82. The summed E-state index contributed by atoms with van der Waals surface area (Å²) in [5.41, 5.74) is 1.02. The highest BCUT2D eigenvalue weighted by Gasteiger charge is 2.36. The van der Waals surface area contributed by atoms with Gasteiger partial charge in [0.25, 0.3) is 0 Å². The molecule has 0 aliphatic heterocycles. The third kappa shape index (κ3) is 3.14. The van der Waals surface area contributed by atoms with E-state index in [1.54, 1.807) is 6.07 Å². The van der Waals surface area contributed by atoms with Crippen molar-refractivity contribution in [2.45, 2.75) is 45.2 Å². The van der Waals surface area contributed by atoms with Gasteiger partial charge >= 0.3 is 0 Å². The van der Waals surface area contributed by atoms with E-state index in [4.69, 9.17) is 34.8 Å². The number of benzene rings is 1. The predicted octanol–water partition coefficient (Wildman–Crippen LogP) is 5.49. The molecule has 1 aromatic carbocycles. The molecule has 1 aliphatic rings. The average molecular weight is 307 g/mol. The van der Waals surface area contributed by atoms with E-state index >= 15 is 0 Å². The van der Waals surface area contributed by atoms with Gasteiger partial charge in [0.05, 0.1) is 15.1 Å². The normalized spacial score (nSPS) is 24.1. The number of nitrogens with one attached hydrogen (secondary N) is 1. The number of halogens is 3. The molecule has 1 aromatic rings. The number of hydrogen-bond acceptors (Lipinski definition) is 1. The number of rotatable bonds is 5. The smallest absolute Gasteiger partial charge is 0.0781 e. The van der Waals surface area contributed by atoms with Crippen molar-refractivity contribution in [1.29, 1.82) is 0 Å². The first kappa shape index (κ1) is 14.5. The molecule has 0 amide bonds. The number of hydrogen-bond donors (Lipinski definition) is 1. The lowest BCUT2D eigenvalue weighted by Crippen LogP contribution is -2.22. The van der Waals surface area contributed by atoms with Gasteiger partial charge in [-0.05, 0) is 37.3 Å². The third-order valence-electron chi connectivity index (χ3n) is 3.58. The van der Waals surface area contributed by atoms with Gasteiger partial charge in [0.15, 0.2) is 0 Å². The van der Waals surface area contributed by atoms with Crippen molar-refractivity contribution < 1.29 is 0 Å². The molecule has 100 valence electrons. The lowest BCUT2D eigenvalue weighted by atomic mass is 10.1. The summed E-state index contributed by atoms with van der Waals surface area (Å²) in [5, 5.41) is 5.13. The Bertz CT molecular complexity index is 433. The Morgan fingerprint density at radius 2 is 2.00 bits per heavy atom. The molecule has 18 heavy (non-hydrogen) atoms. The largest absolute Gasteiger partial charge is 0.307 e. The van der Waals surface area contributed by atoms with E-state index in [1.807, 2.05) is 6.07 Å². The summed E-state index contributed by atoms with van der Waals surface area (Å²) in [4.78, 5) is 0. The van der Waals surface area contributed by atoms with E-state index in [9.17, 15) is 0 Å². The monoisotopic (exact) mass is 305 g/mol. The van der Waals surface area contributed by atoms with Gasteiger partial charge in [-0.1, -0.05) is 54.2 Å². The summed E-state index contributed by atoms with van der Waals surface area (Å²) in [6, 6.07) is 4.59. The van der Waals surface area contributed by atoms with Gasteiger partial charge in [-0.15, -0.1) is 0 Å². The van der Waals surface area contributed by atoms with E-state index in [2.05, 4.69) is 19.2 Å². The van der Waals surface area contributed by atoms with Gasteiger partial charge in [-0.25, -0.2) is 0 Å². The fraction of sp³-hybridized carbons (Fsp3) is 0.571. The molecule has 0 saturated heterocycles. The van der Waals surface area contributed by atoms with Gasteiger partial charge in [0, 0.05) is 12.1 Å². The van der Waals surface area contributed by atoms with Crippen LogP contribution in [-0.2, 0) is 0 Å². The molecule has 4 heteroatoms. The van der Waals surface area contributed by atoms with Crippen LogP contribution in [0.4, 0.5) is 0 Å². The molecule has 0 aromatic heterocycles. The summed E-state index contributed by atoms with van der Waals surface area (Å²) in [7, 11) is 0. The van der Waals surface area contributed by atoms with Gasteiger partial charge in [-0.2, -0.15) is 0 Å². The first-order chi connectivity index (χ1) is 8.54. The van der Waals surface area contributed by atoms with Crippen LogP contribution in [0.15, 0.2) is 12.1 Å². The average Bonchev–Trinajstić information content (AvgIpc) is 3.04. The van der Waals surface area contributed by atoms with E-state index in [-0.39, 0.29) is 6.04 Å². The maximum atomic E-state index is 6.24. The van der Waals surface area contributed by atoms with Crippen molar-refractivity contribution >= 4 is 34.8 Å². The maximum absolute atomic E-state index is 6.24. The van der Waals surface area contributed by atoms with Crippen LogP contribution >= 0.6 is 34.8 Å². The van der Waals surface area contributed by atoms with Crippen molar-refractivity contribution in [2.75, 3.05) is 0 Å². The van der Waals surface area contributed by atoms with E-state index in [0.29, 0.717) is 21.1 Å². The fourth-order valence-electron chi connectivity index (χ4n) is 2.43. The van der Waals surface area contributed by atoms with E-state index in [0.717, 1.165) is 11.5 Å². The second kappa shape index (κ2) is 6.00. The minimum Gasteiger partial charge on any atom is -0.307 e. The molecule has 0 radical (unpaired) electrons.